The average molecular weight is 330 g/mol. The molecular weight excluding hydrogens is 310 g/mol. The zero-order chi connectivity index (χ0) is 14.1. The van der Waals surface area contributed by atoms with Crippen LogP contribution in [0.3, 0.4) is 0 Å². The van der Waals surface area contributed by atoms with Crippen LogP contribution in [0.4, 0.5) is 5.69 Å². The van der Waals surface area contributed by atoms with Gasteiger partial charge in [-0.1, -0.05) is 48.0 Å². The lowest BCUT2D eigenvalue weighted by Crippen LogP contribution is -2.07. The number of aryl methyl sites for hydroxylation is 1. The summed E-state index contributed by atoms with van der Waals surface area (Å²) in [7, 11) is 0. The predicted molar refractivity (Wildman–Crippen MR) is 89.4 cm³/mol. The number of rotatable bonds is 3. The van der Waals surface area contributed by atoms with E-state index in [1.165, 1.54) is 33.3 Å². The molecule has 2 aromatic rings. The molecule has 1 aliphatic carbocycles. The van der Waals surface area contributed by atoms with Crippen molar-refractivity contribution in [3.8, 4) is 0 Å². The third-order valence-electron chi connectivity index (χ3n) is 4.10. The molecule has 104 valence electrons. The molecule has 0 bridgehead atoms. The molecular formula is C18H20BrN. The van der Waals surface area contributed by atoms with E-state index in [4.69, 9.17) is 0 Å². The maximum absolute atomic E-state index is 3.67. The molecule has 0 amide bonds. The minimum Gasteiger partial charge on any atom is -0.378 e. The standard InChI is InChI=1S/C18H20BrN/c1-12(2)13-3-7-16(8-4-13)20-18-10-5-14-11-15(19)6-9-17(14)18/h3-4,6-9,11-12,18,20H,5,10H2,1-2H3. The lowest BCUT2D eigenvalue weighted by Gasteiger charge is -2.16. The Morgan fingerprint density at radius 1 is 1.10 bits per heavy atom. The van der Waals surface area contributed by atoms with Gasteiger partial charge in [0.1, 0.15) is 0 Å². The van der Waals surface area contributed by atoms with Gasteiger partial charge in [0.2, 0.25) is 0 Å². The van der Waals surface area contributed by atoms with Crippen LogP contribution in [-0.4, -0.2) is 0 Å². The van der Waals surface area contributed by atoms with Gasteiger partial charge in [-0.2, -0.15) is 0 Å². The van der Waals surface area contributed by atoms with E-state index in [9.17, 15) is 0 Å². The molecule has 3 rings (SSSR count). The quantitative estimate of drug-likeness (QED) is 0.764. The number of nitrogens with one attached hydrogen (secondary N) is 1. The number of hydrogen-bond acceptors (Lipinski definition) is 1. The van der Waals surface area contributed by atoms with Crippen molar-refractivity contribution in [3.05, 3.63) is 63.6 Å². The first kappa shape index (κ1) is 13.7. The summed E-state index contributed by atoms with van der Waals surface area (Å²) in [5.74, 6) is 0.591. The Labute approximate surface area is 129 Å². The number of anilines is 1. The summed E-state index contributed by atoms with van der Waals surface area (Å²) in [5, 5.41) is 3.67. The molecule has 0 saturated heterocycles. The van der Waals surface area contributed by atoms with Crippen LogP contribution in [0.1, 0.15) is 48.9 Å². The summed E-state index contributed by atoms with van der Waals surface area (Å²) in [6.45, 7) is 4.46. The Balaban J connectivity index is 1.77. The van der Waals surface area contributed by atoms with Crippen LogP contribution in [0.15, 0.2) is 46.9 Å². The molecule has 1 atom stereocenters. The fourth-order valence-electron chi connectivity index (χ4n) is 2.90. The van der Waals surface area contributed by atoms with Crippen molar-refractivity contribution in [2.75, 3.05) is 5.32 Å². The average Bonchev–Trinajstić information content (AvgIpc) is 2.81. The Bertz CT molecular complexity index is 601. The van der Waals surface area contributed by atoms with Crippen LogP contribution in [0.2, 0.25) is 0 Å². The normalized spacial score (nSPS) is 17.3. The van der Waals surface area contributed by atoms with Crippen LogP contribution >= 0.6 is 15.9 Å². The van der Waals surface area contributed by atoms with E-state index in [2.05, 4.69) is 77.6 Å². The molecule has 0 aliphatic heterocycles. The summed E-state index contributed by atoms with van der Waals surface area (Å²) in [6, 6.07) is 15.9. The van der Waals surface area contributed by atoms with E-state index in [0.717, 1.165) is 6.42 Å². The van der Waals surface area contributed by atoms with Gasteiger partial charge in [-0.3, -0.25) is 0 Å². The Morgan fingerprint density at radius 3 is 2.55 bits per heavy atom. The molecule has 1 aliphatic rings. The van der Waals surface area contributed by atoms with Crippen LogP contribution in [0, 0.1) is 0 Å². The molecule has 1 unspecified atom stereocenters. The first-order valence-electron chi connectivity index (χ1n) is 7.28. The van der Waals surface area contributed by atoms with E-state index in [1.54, 1.807) is 0 Å². The second kappa shape index (κ2) is 5.61. The highest BCUT2D eigenvalue weighted by Crippen LogP contribution is 2.35. The molecule has 0 fully saturated rings. The van der Waals surface area contributed by atoms with Crippen molar-refractivity contribution >= 4 is 21.6 Å². The van der Waals surface area contributed by atoms with Gasteiger partial charge in [0.15, 0.2) is 0 Å². The van der Waals surface area contributed by atoms with Crippen LogP contribution in [0.5, 0.6) is 0 Å². The second-order valence-electron chi connectivity index (χ2n) is 5.86. The van der Waals surface area contributed by atoms with E-state index in [0.29, 0.717) is 12.0 Å². The van der Waals surface area contributed by atoms with Crippen molar-refractivity contribution in [1.29, 1.82) is 0 Å². The van der Waals surface area contributed by atoms with Crippen LogP contribution in [-0.2, 0) is 6.42 Å². The molecule has 0 saturated carbocycles. The Hall–Kier alpha value is -1.28. The van der Waals surface area contributed by atoms with Gasteiger partial charge in [-0.25, -0.2) is 0 Å². The molecule has 0 heterocycles. The molecule has 20 heavy (non-hydrogen) atoms. The van der Waals surface area contributed by atoms with E-state index < -0.39 is 0 Å². The zero-order valence-corrected chi connectivity index (χ0v) is 13.6. The third-order valence-corrected chi connectivity index (χ3v) is 4.59. The smallest absolute Gasteiger partial charge is 0.0519 e. The first-order chi connectivity index (χ1) is 9.63. The molecule has 2 aromatic carbocycles. The molecule has 2 heteroatoms. The van der Waals surface area contributed by atoms with E-state index in [-0.39, 0.29) is 0 Å². The lowest BCUT2D eigenvalue weighted by atomic mass is 10.0. The number of halogens is 1. The number of fused-ring (bicyclic) bond motifs is 1. The highest BCUT2D eigenvalue weighted by molar-refractivity contribution is 9.10. The largest absolute Gasteiger partial charge is 0.378 e. The minimum atomic E-state index is 0.447. The van der Waals surface area contributed by atoms with Crippen molar-refractivity contribution in [1.82, 2.24) is 0 Å². The topological polar surface area (TPSA) is 12.0 Å². The molecule has 0 aromatic heterocycles. The summed E-state index contributed by atoms with van der Waals surface area (Å²) >= 11 is 3.55. The highest BCUT2D eigenvalue weighted by Gasteiger charge is 2.22. The monoisotopic (exact) mass is 329 g/mol. The van der Waals surface area contributed by atoms with Gasteiger partial charge >= 0.3 is 0 Å². The molecule has 1 nitrogen and oxygen atoms in total. The fraction of sp³-hybridized carbons (Fsp3) is 0.333. The third kappa shape index (κ3) is 2.76. The summed E-state index contributed by atoms with van der Waals surface area (Å²) in [5.41, 5.74) is 5.53. The summed E-state index contributed by atoms with van der Waals surface area (Å²) < 4.78 is 1.18. The van der Waals surface area contributed by atoms with Crippen molar-refractivity contribution in [3.63, 3.8) is 0 Å². The van der Waals surface area contributed by atoms with Crippen molar-refractivity contribution < 1.29 is 0 Å². The molecule has 0 spiro atoms. The van der Waals surface area contributed by atoms with Crippen LogP contribution < -0.4 is 5.32 Å². The minimum absolute atomic E-state index is 0.447. The zero-order valence-electron chi connectivity index (χ0n) is 12.0. The lowest BCUT2D eigenvalue weighted by molar-refractivity contribution is 0.762. The number of benzene rings is 2. The molecule has 1 N–H and O–H groups in total. The van der Waals surface area contributed by atoms with Gasteiger partial charge in [-0.15, -0.1) is 0 Å². The van der Waals surface area contributed by atoms with E-state index in [1.807, 2.05) is 0 Å². The predicted octanol–water partition coefficient (Wildman–Crippen LogP) is 5.67. The van der Waals surface area contributed by atoms with Gasteiger partial charge in [-0.05, 0) is 59.7 Å². The van der Waals surface area contributed by atoms with Gasteiger partial charge in [0.25, 0.3) is 0 Å². The second-order valence-corrected chi connectivity index (χ2v) is 6.77. The van der Waals surface area contributed by atoms with Gasteiger partial charge in [0.05, 0.1) is 6.04 Å². The maximum Gasteiger partial charge on any atom is 0.0519 e. The Kier molecular flexibility index (Phi) is 3.84. The van der Waals surface area contributed by atoms with Crippen LogP contribution in [0.25, 0.3) is 0 Å². The van der Waals surface area contributed by atoms with Gasteiger partial charge < -0.3 is 5.32 Å². The summed E-state index contributed by atoms with van der Waals surface area (Å²) in [4.78, 5) is 0. The Morgan fingerprint density at radius 2 is 1.85 bits per heavy atom. The fourth-order valence-corrected chi connectivity index (χ4v) is 3.31. The summed E-state index contributed by atoms with van der Waals surface area (Å²) in [6.07, 6.45) is 2.34. The van der Waals surface area contributed by atoms with Crippen molar-refractivity contribution in [2.24, 2.45) is 0 Å². The SMILES string of the molecule is CC(C)c1ccc(NC2CCc3cc(Br)ccc32)cc1. The van der Waals surface area contributed by atoms with Crippen molar-refractivity contribution in [2.45, 2.75) is 38.6 Å². The molecule has 0 radical (unpaired) electrons. The first-order valence-corrected chi connectivity index (χ1v) is 8.07. The maximum atomic E-state index is 3.67. The highest BCUT2D eigenvalue weighted by atomic mass is 79.9. The van der Waals surface area contributed by atoms with Gasteiger partial charge in [0, 0.05) is 10.2 Å². The number of hydrogen-bond donors (Lipinski definition) is 1. The van der Waals surface area contributed by atoms with E-state index >= 15 is 0 Å².